The van der Waals surface area contributed by atoms with E-state index >= 15 is 0 Å². The highest BCUT2D eigenvalue weighted by Crippen LogP contribution is 2.31. The molecule has 2 aromatic carbocycles. The molecule has 2 heterocycles. The number of carbonyl (C=O) groups excluding carboxylic acids is 1. The van der Waals surface area contributed by atoms with Crippen molar-refractivity contribution in [3.63, 3.8) is 0 Å². The van der Waals surface area contributed by atoms with E-state index in [9.17, 15) is 9.59 Å². The van der Waals surface area contributed by atoms with Crippen LogP contribution in [0.3, 0.4) is 0 Å². The van der Waals surface area contributed by atoms with Gasteiger partial charge in [-0.15, -0.1) is 0 Å². The minimum atomic E-state index is -0.653. The van der Waals surface area contributed by atoms with E-state index < -0.39 is 12.0 Å². The van der Waals surface area contributed by atoms with Crippen molar-refractivity contribution in [1.29, 1.82) is 0 Å². The SMILES string of the molecule is CCOC(=O)C1=C(C)N=c2s/c(=C\c3ccc(OCC(C)C)cc3)c(=O)n2[C@H]1c1ccc(OCC)cc1. The van der Waals surface area contributed by atoms with Gasteiger partial charge >= 0.3 is 5.97 Å². The number of rotatable bonds is 9. The van der Waals surface area contributed by atoms with Gasteiger partial charge in [-0.2, -0.15) is 0 Å². The molecule has 4 rings (SSSR count). The van der Waals surface area contributed by atoms with Crippen LogP contribution in [0.25, 0.3) is 6.08 Å². The summed E-state index contributed by atoms with van der Waals surface area (Å²) in [4.78, 5) is 31.9. The average molecular weight is 521 g/mol. The lowest BCUT2D eigenvalue weighted by molar-refractivity contribution is -0.139. The normalized spacial score (nSPS) is 15.4. The van der Waals surface area contributed by atoms with Crippen LogP contribution in [0.15, 0.2) is 69.6 Å². The summed E-state index contributed by atoms with van der Waals surface area (Å²) in [7, 11) is 0. The van der Waals surface area contributed by atoms with Gasteiger partial charge in [-0.1, -0.05) is 49.4 Å². The van der Waals surface area contributed by atoms with Gasteiger partial charge in [0.05, 0.1) is 41.7 Å². The van der Waals surface area contributed by atoms with Gasteiger partial charge in [-0.3, -0.25) is 9.36 Å². The maximum Gasteiger partial charge on any atom is 0.338 e. The van der Waals surface area contributed by atoms with E-state index in [-0.39, 0.29) is 12.2 Å². The van der Waals surface area contributed by atoms with Gasteiger partial charge in [0.25, 0.3) is 5.56 Å². The molecule has 1 aliphatic heterocycles. The summed E-state index contributed by atoms with van der Waals surface area (Å²) in [5, 5.41) is 0. The fourth-order valence-corrected chi connectivity index (χ4v) is 5.14. The fourth-order valence-electron chi connectivity index (χ4n) is 4.09. The van der Waals surface area contributed by atoms with Crippen molar-refractivity contribution in [1.82, 2.24) is 4.57 Å². The van der Waals surface area contributed by atoms with Crippen LogP contribution in [0.1, 0.15) is 51.8 Å². The summed E-state index contributed by atoms with van der Waals surface area (Å²) in [6, 6.07) is 14.4. The first-order valence-electron chi connectivity index (χ1n) is 12.5. The van der Waals surface area contributed by atoms with Crippen molar-refractivity contribution in [2.45, 2.75) is 40.7 Å². The second-order valence-corrected chi connectivity index (χ2v) is 10.1. The summed E-state index contributed by atoms with van der Waals surface area (Å²) in [5.41, 5.74) is 2.34. The number of aromatic nitrogens is 1. The Balaban J connectivity index is 1.79. The van der Waals surface area contributed by atoms with Gasteiger partial charge in [0, 0.05) is 0 Å². The zero-order chi connectivity index (χ0) is 26.5. The number of benzene rings is 2. The summed E-state index contributed by atoms with van der Waals surface area (Å²) < 4.78 is 18.8. The molecule has 0 unspecified atom stereocenters. The third-order valence-electron chi connectivity index (χ3n) is 5.79. The maximum absolute atomic E-state index is 13.7. The van der Waals surface area contributed by atoms with Crippen molar-refractivity contribution in [3.8, 4) is 11.5 Å². The molecule has 1 aliphatic rings. The van der Waals surface area contributed by atoms with E-state index in [1.807, 2.05) is 61.5 Å². The number of fused-ring (bicyclic) bond motifs is 1. The predicted octanol–water partition coefficient (Wildman–Crippen LogP) is 4.23. The van der Waals surface area contributed by atoms with Crippen molar-refractivity contribution in [3.05, 3.63) is 90.6 Å². The minimum Gasteiger partial charge on any atom is -0.494 e. The highest BCUT2D eigenvalue weighted by Gasteiger charge is 2.33. The molecule has 7 nitrogen and oxygen atoms in total. The Morgan fingerprint density at radius 2 is 1.68 bits per heavy atom. The molecule has 37 heavy (non-hydrogen) atoms. The van der Waals surface area contributed by atoms with E-state index in [0.29, 0.717) is 39.7 Å². The number of esters is 1. The van der Waals surface area contributed by atoms with Crippen molar-refractivity contribution in [2.24, 2.45) is 10.9 Å². The number of thiazole rings is 1. The van der Waals surface area contributed by atoms with Crippen molar-refractivity contribution >= 4 is 23.4 Å². The molecule has 194 valence electrons. The average Bonchev–Trinajstić information content (AvgIpc) is 3.17. The number of ether oxygens (including phenoxy) is 3. The van der Waals surface area contributed by atoms with Gasteiger partial charge in [0.2, 0.25) is 0 Å². The van der Waals surface area contributed by atoms with Gasteiger partial charge in [-0.25, -0.2) is 9.79 Å². The van der Waals surface area contributed by atoms with Crippen LogP contribution >= 0.6 is 11.3 Å². The Morgan fingerprint density at radius 1 is 1.03 bits per heavy atom. The van der Waals surface area contributed by atoms with Crippen LogP contribution in [0.5, 0.6) is 11.5 Å². The Hall–Kier alpha value is -3.65. The topological polar surface area (TPSA) is 79.1 Å². The highest BCUT2D eigenvalue weighted by molar-refractivity contribution is 7.07. The van der Waals surface area contributed by atoms with E-state index in [2.05, 4.69) is 18.8 Å². The molecule has 0 saturated heterocycles. The second-order valence-electron chi connectivity index (χ2n) is 9.08. The van der Waals surface area contributed by atoms with Gasteiger partial charge < -0.3 is 14.2 Å². The summed E-state index contributed by atoms with van der Waals surface area (Å²) in [5.74, 6) is 1.47. The van der Waals surface area contributed by atoms with Crippen molar-refractivity contribution in [2.75, 3.05) is 19.8 Å². The molecule has 0 fully saturated rings. The zero-order valence-corrected chi connectivity index (χ0v) is 22.6. The monoisotopic (exact) mass is 520 g/mol. The first-order chi connectivity index (χ1) is 17.8. The van der Waals surface area contributed by atoms with Crippen molar-refractivity contribution < 1.29 is 19.0 Å². The Labute approximate surface area is 220 Å². The molecule has 0 saturated carbocycles. The second kappa shape index (κ2) is 11.6. The molecular formula is C29H32N2O5S. The lowest BCUT2D eigenvalue weighted by Gasteiger charge is -2.24. The fraction of sp³-hybridized carbons (Fsp3) is 0.345. The maximum atomic E-state index is 13.7. The number of allylic oxidation sites excluding steroid dienone is 1. The van der Waals surface area contributed by atoms with Gasteiger partial charge in [-0.05, 0) is 68.2 Å². The highest BCUT2D eigenvalue weighted by atomic mass is 32.1. The standard InChI is InChI=1S/C29H32N2O5S/c1-6-34-22-14-10-21(11-15-22)26-25(28(33)35-7-2)19(5)30-29-31(26)27(32)24(37-29)16-20-8-12-23(13-9-20)36-17-18(3)4/h8-16,18,26H,6-7,17H2,1-5H3/b24-16-/t26-/m0/s1. The van der Waals surface area contributed by atoms with Crippen LogP contribution < -0.4 is 24.4 Å². The summed E-state index contributed by atoms with van der Waals surface area (Å²) >= 11 is 1.30. The Bertz CT molecular complexity index is 1460. The number of hydrogen-bond acceptors (Lipinski definition) is 7. The largest absolute Gasteiger partial charge is 0.494 e. The molecule has 3 aromatic rings. The van der Waals surface area contributed by atoms with E-state index in [4.69, 9.17) is 14.2 Å². The molecule has 0 amide bonds. The lowest BCUT2D eigenvalue weighted by Crippen LogP contribution is -2.39. The number of hydrogen-bond donors (Lipinski definition) is 0. The number of nitrogens with zero attached hydrogens (tertiary/aromatic N) is 2. The molecule has 0 bridgehead atoms. The van der Waals surface area contributed by atoms with Crippen LogP contribution in [-0.2, 0) is 9.53 Å². The van der Waals surface area contributed by atoms with E-state index in [1.165, 1.54) is 11.3 Å². The summed E-state index contributed by atoms with van der Waals surface area (Å²) in [6.45, 7) is 11.1. The number of carbonyl (C=O) groups is 1. The van der Waals surface area contributed by atoms with Gasteiger partial charge in [0.15, 0.2) is 4.80 Å². The Kier molecular flexibility index (Phi) is 8.28. The van der Waals surface area contributed by atoms with Crippen LogP contribution in [0.4, 0.5) is 0 Å². The zero-order valence-electron chi connectivity index (χ0n) is 21.8. The predicted molar refractivity (Wildman–Crippen MR) is 145 cm³/mol. The lowest BCUT2D eigenvalue weighted by atomic mass is 9.96. The molecular weight excluding hydrogens is 488 g/mol. The van der Waals surface area contributed by atoms with Crippen LogP contribution in [-0.4, -0.2) is 30.4 Å². The van der Waals surface area contributed by atoms with E-state index in [0.717, 1.165) is 22.6 Å². The molecule has 1 aromatic heterocycles. The smallest absolute Gasteiger partial charge is 0.338 e. The Morgan fingerprint density at radius 3 is 2.30 bits per heavy atom. The minimum absolute atomic E-state index is 0.211. The van der Waals surface area contributed by atoms with Crippen LogP contribution in [0, 0.1) is 5.92 Å². The summed E-state index contributed by atoms with van der Waals surface area (Å²) in [6.07, 6.45) is 1.84. The molecule has 0 radical (unpaired) electrons. The molecule has 0 N–H and O–H groups in total. The first-order valence-corrected chi connectivity index (χ1v) is 13.3. The quantitative estimate of drug-likeness (QED) is 0.395. The molecule has 0 spiro atoms. The molecule has 1 atom stereocenters. The van der Waals surface area contributed by atoms with E-state index in [1.54, 1.807) is 18.4 Å². The third kappa shape index (κ3) is 5.85. The first kappa shape index (κ1) is 26.4. The third-order valence-corrected chi connectivity index (χ3v) is 6.77. The molecule has 8 heteroatoms. The van der Waals surface area contributed by atoms with Crippen LogP contribution in [0.2, 0.25) is 0 Å². The molecule has 0 aliphatic carbocycles. The van der Waals surface area contributed by atoms with Gasteiger partial charge in [0.1, 0.15) is 11.5 Å².